The fraction of sp³-hybridized carbons (Fsp3) is 0.400. The van der Waals surface area contributed by atoms with Crippen molar-refractivity contribution < 1.29 is 9.53 Å². The molecule has 2 unspecified atom stereocenters. The zero-order valence-electron chi connectivity index (χ0n) is 17.9. The van der Waals surface area contributed by atoms with Crippen LogP contribution in [0.15, 0.2) is 48.5 Å². The molecule has 5 heteroatoms. The average Bonchev–Trinajstić information content (AvgIpc) is 3.15. The molecule has 2 saturated heterocycles. The Bertz CT molecular complexity index is 1070. The molecule has 2 aliphatic heterocycles. The Labute approximate surface area is 177 Å². The van der Waals surface area contributed by atoms with Crippen molar-refractivity contribution in [3.05, 3.63) is 54.1 Å². The zero-order chi connectivity index (χ0) is 20.8. The molecule has 3 aromatic rings. The standard InChI is InChI=1S/C25H29N3O2/c1-27-18-10-11-19(27)15-17(14-18)26-25(29)23-21-6-4-5-7-22(21)28(2)24(23)16-8-12-20(30-3)13-9-16/h4-9,12-13,17-19H,10-11,14-15H2,1-3H3,(H,26,29). The molecule has 1 amide bonds. The Morgan fingerprint density at radius 2 is 1.67 bits per heavy atom. The molecule has 0 radical (unpaired) electrons. The van der Waals surface area contributed by atoms with Crippen LogP contribution in [0.5, 0.6) is 5.75 Å². The maximum atomic E-state index is 13.6. The number of carbonyl (C=O) groups is 1. The number of fused-ring (bicyclic) bond motifs is 3. The molecule has 2 aliphatic rings. The summed E-state index contributed by atoms with van der Waals surface area (Å²) in [6.07, 6.45) is 4.58. The highest BCUT2D eigenvalue weighted by Gasteiger charge is 2.39. The molecule has 0 aliphatic carbocycles. The normalized spacial score (nSPS) is 23.6. The van der Waals surface area contributed by atoms with Gasteiger partial charge in [-0.05, 0) is 68.6 Å². The second-order valence-corrected chi connectivity index (χ2v) is 8.72. The van der Waals surface area contributed by atoms with E-state index in [-0.39, 0.29) is 11.9 Å². The number of hydrogen-bond donors (Lipinski definition) is 1. The van der Waals surface area contributed by atoms with Gasteiger partial charge < -0.3 is 19.5 Å². The summed E-state index contributed by atoms with van der Waals surface area (Å²) < 4.78 is 7.45. The minimum absolute atomic E-state index is 0.0339. The summed E-state index contributed by atoms with van der Waals surface area (Å²) in [5.41, 5.74) is 3.80. The Morgan fingerprint density at radius 3 is 2.33 bits per heavy atom. The lowest BCUT2D eigenvalue weighted by atomic mass is 9.97. The SMILES string of the molecule is COc1ccc(-c2c(C(=O)NC3CC4CCC(C3)N4C)c3ccccc3n2C)cc1. The van der Waals surface area contributed by atoms with Crippen LogP contribution in [-0.2, 0) is 7.05 Å². The van der Waals surface area contributed by atoms with Crippen LogP contribution in [0.4, 0.5) is 0 Å². The first-order valence-electron chi connectivity index (χ1n) is 10.8. The van der Waals surface area contributed by atoms with Crippen molar-refractivity contribution in [3.63, 3.8) is 0 Å². The molecular weight excluding hydrogens is 374 g/mol. The Balaban J connectivity index is 1.53. The summed E-state index contributed by atoms with van der Waals surface area (Å²) in [7, 11) is 5.93. The van der Waals surface area contributed by atoms with E-state index in [1.807, 2.05) is 43.4 Å². The third kappa shape index (κ3) is 3.08. The number of aryl methyl sites for hydroxylation is 1. The molecule has 30 heavy (non-hydrogen) atoms. The summed E-state index contributed by atoms with van der Waals surface area (Å²) in [6, 6.07) is 17.6. The van der Waals surface area contributed by atoms with E-state index in [0.717, 1.165) is 46.3 Å². The van der Waals surface area contributed by atoms with Gasteiger partial charge in [0.15, 0.2) is 0 Å². The minimum Gasteiger partial charge on any atom is -0.497 e. The van der Waals surface area contributed by atoms with Crippen LogP contribution >= 0.6 is 0 Å². The number of nitrogens with one attached hydrogen (secondary N) is 1. The van der Waals surface area contributed by atoms with Gasteiger partial charge in [-0.3, -0.25) is 4.79 Å². The molecule has 156 valence electrons. The van der Waals surface area contributed by atoms with Gasteiger partial charge >= 0.3 is 0 Å². The highest BCUT2D eigenvalue weighted by Crippen LogP contribution is 2.36. The number of carbonyl (C=O) groups excluding carboxylic acids is 1. The molecule has 5 rings (SSSR count). The number of aromatic nitrogens is 1. The van der Waals surface area contributed by atoms with E-state index in [9.17, 15) is 4.79 Å². The summed E-state index contributed by atoms with van der Waals surface area (Å²) in [5.74, 6) is 0.844. The van der Waals surface area contributed by atoms with Crippen molar-refractivity contribution in [2.24, 2.45) is 7.05 Å². The zero-order valence-corrected chi connectivity index (χ0v) is 17.9. The third-order valence-electron chi connectivity index (χ3n) is 7.13. The molecule has 0 saturated carbocycles. The van der Waals surface area contributed by atoms with Gasteiger partial charge in [-0.15, -0.1) is 0 Å². The lowest BCUT2D eigenvalue weighted by molar-refractivity contribution is 0.0884. The maximum absolute atomic E-state index is 13.6. The molecule has 2 bridgehead atoms. The predicted octanol–water partition coefficient (Wildman–Crippen LogP) is 4.21. The smallest absolute Gasteiger partial charge is 0.254 e. The number of ether oxygens (including phenoxy) is 1. The fourth-order valence-corrected chi connectivity index (χ4v) is 5.50. The van der Waals surface area contributed by atoms with Crippen molar-refractivity contribution in [1.29, 1.82) is 0 Å². The minimum atomic E-state index is 0.0339. The molecular formula is C25H29N3O2. The van der Waals surface area contributed by atoms with Gasteiger partial charge in [-0.2, -0.15) is 0 Å². The molecule has 3 heterocycles. The van der Waals surface area contributed by atoms with Crippen molar-refractivity contribution >= 4 is 16.8 Å². The number of nitrogens with zero attached hydrogens (tertiary/aromatic N) is 2. The van der Waals surface area contributed by atoms with E-state index >= 15 is 0 Å². The second-order valence-electron chi connectivity index (χ2n) is 8.72. The lowest BCUT2D eigenvalue weighted by Gasteiger charge is -2.36. The molecule has 2 aromatic carbocycles. The number of benzene rings is 2. The Hall–Kier alpha value is -2.79. The summed E-state index contributed by atoms with van der Waals surface area (Å²) in [4.78, 5) is 16.1. The third-order valence-corrected chi connectivity index (χ3v) is 7.13. The summed E-state index contributed by atoms with van der Waals surface area (Å²) in [5, 5.41) is 4.39. The van der Waals surface area contributed by atoms with Gasteiger partial charge in [0.1, 0.15) is 5.75 Å². The lowest BCUT2D eigenvalue weighted by Crippen LogP contribution is -2.48. The van der Waals surface area contributed by atoms with Gasteiger partial charge in [0, 0.05) is 36.1 Å². The number of para-hydroxylation sites is 1. The first-order chi connectivity index (χ1) is 14.6. The van der Waals surface area contributed by atoms with Crippen molar-refractivity contribution in [2.45, 2.75) is 43.8 Å². The quantitative estimate of drug-likeness (QED) is 0.710. The monoisotopic (exact) mass is 403 g/mol. The largest absolute Gasteiger partial charge is 0.497 e. The van der Waals surface area contributed by atoms with Gasteiger partial charge in [0.05, 0.1) is 18.4 Å². The van der Waals surface area contributed by atoms with E-state index in [1.165, 1.54) is 12.8 Å². The number of amides is 1. The van der Waals surface area contributed by atoms with E-state index < -0.39 is 0 Å². The highest BCUT2D eigenvalue weighted by atomic mass is 16.5. The van der Waals surface area contributed by atoms with Crippen LogP contribution in [0.25, 0.3) is 22.2 Å². The predicted molar refractivity (Wildman–Crippen MR) is 120 cm³/mol. The van der Waals surface area contributed by atoms with Crippen LogP contribution in [-0.4, -0.2) is 47.7 Å². The van der Waals surface area contributed by atoms with Crippen molar-refractivity contribution in [3.8, 4) is 17.0 Å². The summed E-state index contributed by atoms with van der Waals surface area (Å²) in [6.45, 7) is 0. The first-order valence-corrected chi connectivity index (χ1v) is 10.8. The van der Waals surface area contributed by atoms with Crippen LogP contribution in [0.1, 0.15) is 36.0 Å². The van der Waals surface area contributed by atoms with Gasteiger partial charge in [-0.1, -0.05) is 18.2 Å². The maximum Gasteiger partial charge on any atom is 0.254 e. The molecule has 2 atom stereocenters. The van der Waals surface area contributed by atoms with E-state index in [4.69, 9.17) is 4.74 Å². The molecule has 5 nitrogen and oxygen atoms in total. The second kappa shape index (κ2) is 7.47. The van der Waals surface area contributed by atoms with Crippen LogP contribution in [0.2, 0.25) is 0 Å². The molecule has 1 N–H and O–H groups in total. The van der Waals surface area contributed by atoms with Gasteiger partial charge in [0.25, 0.3) is 5.91 Å². The topological polar surface area (TPSA) is 46.5 Å². The first kappa shape index (κ1) is 19.2. The van der Waals surface area contributed by atoms with E-state index in [2.05, 4.69) is 34.0 Å². The van der Waals surface area contributed by atoms with Crippen LogP contribution in [0.3, 0.4) is 0 Å². The Kier molecular flexibility index (Phi) is 4.78. The van der Waals surface area contributed by atoms with Gasteiger partial charge in [-0.25, -0.2) is 0 Å². The Morgan fingerprint density at radius 1 is 1.00 bits per heavy atom. The van der Waals surface area contributed by atoms with Crippen molar-refractivity contribution in [2.75, 3.05) is 14.2 Å². The highest BCUT2D eigenvalue weighted by molar-refractivity contribution is 6.12. The summed E-state index contributed by atoms with van der Waals surface area (Å²) >= 11 is 0. The van der Waals surface area contributed by atoms with Gasteiger partial charge in [0.2, 0.25) is 0 Å². The molecule has 2 fully saturated rings. The number of methoxy groups -OCH3 is 1. The van der Waals surface area contributed by atoms with Crippen LogP contribution < -0.4 is 10.1 Å². The molecule has 0 spiro atoms. The molecule has 1 aromatic heterocycles. The van der Waals surface area contributed by atoms with Crippen LogP contribution in [0, 0.1) is 0 Å². The van der Waals surface area contributed by atoms with E-state index in [0.29, 0.717) is 12.1 Å². The van der Waals surface area contributed by atoms with E-state index in [1.54, 1.807) is 7.11 Å². The fourth-order valence-electron chi connectivity index (χ4n) is 5.50. The number of piperidine rings is 1. The van der Waals surface area contributed by atoms with Crippen molar-refractivity contribution in [1.82, 2.24) is 14.8 Å². The number of hydrogen-bond acceptors (Lipinski definition) is 3. The average molecular weight is 404 g/mol. The number of rotatable bonds is 4.